The zero-order chi connectivity index (χ0) is 8.77. The summed E-state index contributed by atoms with van der Waals surface area (Å²) in [4.78, 5) is 2.39. The fourth-order valence-electron chi connectivity index (χ4n) is 2.37. The minimum atomic E-state index is -0.236. The van der Waals surface area contributed by atoms with E-state index in [1.807, 2.05) is 13.8 Å². The second-order valence-corrected chi connectivity index (χ2v) is 4.57. The molecule has 0 N–H and O–H groups in total. The quantitative estimate of drug-likeness (QED) is 0.590. The number of fused-ring (bicyclic) bond motifs is 1. The lowest BCUT2D eigenvalue weighted by atomic mass is 10.0. The van der Waals surface area contributed by atoms with Gasteiger partial charge in [0.05, 0.1) is 6.07 Å². The van der Waals surface area contributed by atoms with Crippen LogP contribution in [-0.4, -0.2) is 23.0 Å². The normalized spacial score (nSPS) is 35.4. The molecule has 2 aliphatic rings. The number of rotatable bonds is 1. The number of hydrogen-bond donors (Lipinski definition) is 0. The first-order valence-electron chi connectivity index (χ1n) is 4.83. The van der Waals surface area contributed by atoms with E-state index in [1.165, 1.54) is 19.3 Å². The molecule has 12 heavy (non-hydrogen) atoms. The summed E-state index contributed by atoms with van der Waals surface area (Å²) < 4.78 is 0. The van der Waals surface area contributed by atoms with Crippen LogP contribution in [0, 0.1) is 17.2 Å². The van der Waals surface area contributed by atoms with Gasteiger partial charge in [-0.2, -0.15) is 5.26 Å². The molecule has 2 atom stereocenters. The molecular weight excluding hydrogens is 148 g/mol. The van der Waals surface area contributed by atoms with E-state index in [-0.39, 0.29) is 5.54 Å². The molecule has 0 amide bonds. The first-order chi connectivity index (χ1) is 5.65. The molecule has 0 radical (unpaired) electrons. The molecule has 1 saturated carbocycles. The second-order valence-electron chi connectivity index (χ2n) is 4.57. The molecule has 1 aliphatic heterocycles. The Morgan fingerprint density at radius 1 is 1.50 bits per heavy atom. The van der Waals surface area contributed by atoms with E-state index in [9.17, 15) is 0 Å². The lowest BCUT2D eigenvalue weighted by Gasteiger charge is -2.36. The molecule has 1 saturated heterocycles. The summed E-state index contributed by atoms with van der Waals surface area (Å²) in [5, 5.41) is 8.99. The van der Waals surface area contributed by atoms with Crippen molar-refractivity contribution in [3.05, 3.63) is 0 Å². The topological polar surface area (TPSA) is 27.0 Å². The van der Waals surface area contributed by atoms with E-state index in [2.05, 4.69) is 11.0 Å². The van der Waals surface area contributed by atoms with Crippen LogP contribution in [0.4, 0.5) is 0 Å². The lowest BCUT2D eigenvalue weighted by Crippen LogP contribution is -2.47. The van der Waals surface area contributed by atoms with E-state index in [0.29, 0.717) is 0 Å². The van der Waals surface area contributed by atoms with Crippen molar-refractivity contribution in [3.8, 4) is 6.07 Å². The van der Waals surface area contributed by atoms with Crippen molar-refractivity contribution in [2.24, 2.45) is 5.92 Å². The highest BCUT2D eigenvalue weighted by Crippen LogP contribution is 2.45. The van der Waals surface area contributed by atoms with E-state index in [4.69, 9.17) is 5.26 Å². The van der Waals surface area contributed by atoms with Gasteiger partial charge in [0.2, 0.25) is 0 Å². The number of nitrogens with zero attached hydrogens (tertiary/aromatic N) is 2. The van der Waals surface area contributed by atoms with Crippen molar-refractivity contribution in [2.75, 3.05) is 6.54 Å². The molecule has 0 spiro atoms. The van der Waals surface area contributed by atoms with Crippen LogP contribution in [-0.2, 0) is 0 Å². The highest BCUT2D eigenvalue weighted by molar-refractivity contribution is 5.10. The van der Waals surface area contributed by atoms with Crippen LogP contribution in [0.5, 0.6) is 0 Å². The molecular formula is C10H16N2. The summed E-state index contributed by atoms with van der Waals surface area (Å²) in [7, 11) is 0. The molecule has 0 bridgehead atoms. The molecule has 2 fully saturated rings. The summed E-state index contributed by atoms with van der Waals surface area (Å²) in [6.45, 7) is 5.20. The number of nitriles is 1. The van der Waals surface area contributed by atoms with Gasteiger partial charge in [-0.1, -0.05) is 0 Å². The van der Waals surface area contributed by atoms with Crippen LogP contribution in [0.3, 0.4) is 0 Å². The van der Waals surface area contributed by atoms with Gasteiger partial charge in [-0.25, -0.2) is 0 Å². The highest BCUT2D eigenvalue weighted by atomic mass is 15.3. The molecule has 0 aromatic rings. The first-order valence-corrected chi connectivity index (χ1v) is 4.83. The third-order valence-corrected chi connectivity index (χ3v) is 3.25. The molecule has 2 unspecified atom stereocenters. The van der Waals surface area contributed by atoms with Crippen molar-refractivity contribution < 1.29 is 0 Å². The zero-order valence-electron chi connectivity index (χ0n) is 7.88. The summed E-state index contributed by atoms with van der Waals surface area (Å²) in [6.07, 6.45) is 4.01. The summed E-state index contributed by atoms with van der Waals surface area (Å²) in [5.41, 5.74) is -0.236. The highest BCUT2D eigenvalue weighted by Gasteiger charge is 2.48. The Morgan fingerprint density at radius 3 is 2.92 bits per heavy atom. The molecule has 2 rings (SSSR count). The minimum Gasteiger partial charge on any atom is -0.283 e. The van der Waals surface area contributed by atoms with Crippen LogP contribution >= 0.6 is 0 Å². The van der Waals surface area contributed by atoms with Gasteiger partial charge < -0.3 is 0 Å². The fourth-order valence-corrected chi connectivity index (χ4v) is 2.37. The average Bonchev–Trinajstić information content (AvgIpc) is 2.81. The van der Waals surface area contributed by atoms with Crippen LogP contribution in [0.2, 0.25) is 0 Å². The Morgan fingerprint density at radius 2 is 2.25 bits per heavy atom. The van der Waals surface area contributed by atoms with Gasteiger partial charge >= 0.3 is 0 Å². The fraction of sp³-hybridized carbons (Fsp3) is 0.900. The molecule has 0 aromatic carbocycles. The third kappa shape index (κ3) is 1.13. The summed E-state index contributed by atoms with van der Waals surface area (Å²) in [6, 6.07) is 3.14. The zero-order valence-corrected chi connectivity index (χ0v) is 7.88. The number of hydrogen-bond acceptors (Lipinski definition) is 2. The van der Waals surface area contributed by atoms with Crippen molar-refractivity contribution in [1.82, 2.24) is 4.90 Å². The van der Waals surface area contributed by atoms with E-state index < -0.39 is 0 Å². The summed E-state index contributed by atoms with van der Waals surface area (Å²) >= 11 is 0. The smallest absolute Gasteiger partial charge is 0.103 e. The Labute approximate surface area is 74.2 Å². The minimum absolute atomic E-state index is 0.236. The maximum absolute atomic E-state index is 8.99. The van der Waals surface area contributed by atoms with Gasteiger partial charge in [-0.15, -0.1) is 0 Å². The largest absolute Gasteiger partial charge is 0.283 e. The first kappa shape index (κ1) is 8.07. The van der Waals surface area contributed by atoms with Gasteiger partial charge in [0.25, 0.3) is 0 Å². The monoisotopic (exact) mass is 164 g/mol. The Hall–Kier alpha value is -0.550. The number of piperidine rings is 1. The van der Waals surface area contributed by atoms with Crippen LogP contribution in [0.1, 0.15) is 33.1 Å². The van der Waals surface area contributed by atoms with Gasteiger partial charge in [0.15, 0.2) is 0 Å². The van der Waals surface area contributed by atoms with Gasteiger partial charge in [0, 0.05) is 6.04 Å². The second kappa shape index (κ2) is 2.47. The van der Waals surface area contributed by atoms with Crippen LogP contribution < -0.4 is 0 Å². The van der Waals surface area contributed by atoms with Crippen LogP contribution in [0.15, 0.2) is 0 Å². The molecule has 1 heterocycles. The Kier molecular flexibility index (Phi) is 1.66. The lowest BCUT2D eigenvalue weighted by molar-refractivity contribution is 0.126. The van der Waals surface area contributed by atoms with Crippen molar-refractivity contribution in [1.29, 1.82) is 5.26 Å². The predicted octanol–water partition coefficient (Wildman–Crippen LogP) is 1.77. The maximum Gasteiger partial charge on any atom is 0.103 e. The van der Waals surface area contributed by atoms with E-state index in [0.717, 1.165) is 18.5 Å². The molecule has 1 aliphatic carbocycles. The van der Waals surface area contributed by atoms with Crippen molar-refractivity contribution in [3.63, 3.8) is 0 Å². The SMILES string of the molecule is CC(C)(C#N)N1CCCC2CC21. The molecule has 0 aromatic heterocycles. The molecule has 2 nitrogen and oxygen atoms in total. The van der Waals surface area contributed by atoms with Gasteiger partial charge in [-0.3, -0.25) is 4.90 Å². The maximum atomic E-state index is 8.99. The van der Waals surface area contributed by atoms with Gasteiger partial charge in [0.1, 0.15) is 5.54 Å². The summed E-state index contributed by atoms with van der Waals surface area (Å²) in [5.74, 6) is 0.923. The molecule has 2 heteroatoms. The molecule has 66 valence electrons. The third-order valence-electron chi connectivity index (χ3n) is 3.25. The average molecular weight is 164 g/mol. The van der Waals surface area contributed by atoms with E-state index >= 15 is 0 Å². The van der Waals surface area contributed by atoms with Crippen LogP contribution in [0.25, 0.3) is 0 Å². The standard InChI is InChI=1S/C10H16N2/c1-10(2,7-11)12-5-3-4-8-6-9(8)12/h8-9H,3-6H2,1-2H3. The van der Waals surface area contributed by atoms with E-state index in [1.54, 1.807) is 0 Å². The Bertz CT molecular complexity index is 226. The predicted molar refractivity (Wildman–Crippen MR) is 47.5 cm³/mol. The van der Waals surface area contributed by atoms with Crippen molar-refractivity contribution in [2.45, 2.75) is 44.7 Å². The number of likely N-dealkylation sites (tertiary alicyclic amines) is 1. The Balaban J connectivity index is 2.09. The van der Waals surface area contributed by atoms with Crippen molar-refractivity contribution >= 4 is 0 Å². The van der Waals surface area contributed by atoms with Gasteiger partial charge in [-0.05, 0) is 45.6 Å².